The van der Waals surface area contributed by atoms with Gasteiger partial charge in [-0.2, -0.15) is 4.39 Å². The number of halogens is 4. The molecular formula is C27H22F4O3. The number of carbonyl (C=O) groups is 1. The molecule has 0 spiro atoms. The molecule has 0 aliphatic carbocycles. The molecule has 0 unspecified atom stereocenters. The van der Waals surface area contributed by atoms with Crippen molar-refractivity contribution in [1.82, 2.24) is 0 Å². The average Bonchev–Trinajstić information content (AvgIpc) is 2.83. The molecule has 3 nitrogen and oxygen atoms in total. The predicted octanol–water partition coefficient (Wildman–Crippen LogP) is 6.82. The predicted molar refractivity (Wildman–Crippen MR) is 120 cm³/mol. The lowest BCUT2D eigenvalue weighted by Crippen LogP contribution is -2.08. The zero-order valence-corrected chi connectivity index (χ0v) is 18.5. The highest BCUT2D eigenvalue weighted by molar-refractivity contribution is 5.91. The Bertz CT molecular complexity index is 1210. The molecular weight excluding hydrogens is 448 g/mol. The Morgan fingerprint density at radius 3 is 2.29 bits per heavy atom. The Balaban J connectivity index is 1.64. The van der Waals surface area contributed by atoms with Crippen LogP contribution in [0.5, 0.6) is 11.5 Å². The van der Waals surface area contributed by atoms with Gasteiger partial charge in [0.2, 0.25) is 5.82 Å². The van der Waals surface area contributed by atoms with E-state index in [9.17, 15) is 22.4 Å². The SMILES string of the molecule is CCCCCCOc1ccc(C#Cc2ccc(C(=O)Oc3ccc(F)c(F)c3)cc2)c(F)c1F. The fraction of sp³-hybridized carbons (Fsp3) is 0.222. The van der Waals surface area contributed by atoms with Crippen LogP contribution in [0.4, 0.5) is 17.6 Å². The van der Waals surface area contributed by atoms with E-state index in [1.807, 2.05) is 0 Å². The van der Waals surface area contributed by atoms with Gasteiger partial charge < -0.3 is 9.47 Å². The third-order valence-corrected chi connectivity index (χ3v) is 4.87. The van der Waals surface area contributed by atoms with Gasteiger partial charge in [0.25, 0.3) is 0 Å². The molecule has 0 aromatic heterocycles. The molecule has 0 fully saturated rings. The summed E-state index contributed by atoms with van der Waals surface area (Å²) < 4.78 is 65.2. The number of benzene rings is 3. The molecule has 0 atom stereocenters. The molecule has 0 heterocycles. The van der Waals surface area contributed by atoms with Crippen molar-refractivity contribution in [3.05, 3.63) is 94.6 Å². The summed E-state index contributed by atoms with van der Waals surface area (Å²) in [6.07, 6.45) is 3.86. The maximum atomic E-state index is 14.4. The second-order valence-electron chi connectivity index (χ2n) is 7.44. The summed E-state index contributed by atoms with van der Waals surface area (Å²) in [6, 6.07) is 11.3. The summed E-state index contributed by atoms with van der Waals surface area (Å²) in [5.74, 6) is -0.156. The minimum absolute atomic E-state index is 0.127. The lowest BCUT2D eigenvalue weighted by Gasteiger charge is -2.08. The molecule has 3 aromatic carbocycles. The van der Waals surface area contributed by atoms with Gasteiger partial charge in [-0.25, -0.2) is 18.0 Å². The van der Waals surface area contributed by atoms with E-state index in [0.717, 1.165) is 43.9 Å². The number of carbonyl (C=O) groups excluding carboxylic acids is 1. The van der Waals surface area contributed by atoms with Crippen LogP contribution in [0.1, 0.15) is 54.1 Å². The van der Waals surface area contributed by atoms with Crippen molar-refractivity contribution in [3.63, 3.8) is 0 Å². The van der Waals surface area contributed by atoms with Crippen LogP contribution < -0.4 is 9.47 Å². The van der Waals surface area contributed by atoms with Crippen molar-refractivity contribution >= 4 is 5.97 Å². The van der Waals surface area contributed by atoms with Crippen LogP contribution in [0.3, 0.4) is 0 Å². The summed E-state index contributed by atoms with van der Waals surface area (Å²) in [4.78, 5) is 12.2. The monoisotopic (exact) mass is 470 g/mol. The van der Waals surface area contributed by atoms with E-state index < -0.39 is 29.2 Å². The highest BCUT2D eigenvalue weighted by Crippen LogP contribution is 2.23. The molecule has 0 N–H and O–H groups in total. The number of hydrogen-bond acceptors (Lipinski definition) is 3. The van der Waals surface area contributed by atoms with Crippen LogP contribution in [0.2, 0.25) is 0 Å². The molecule has 0 saturated heterocycles. The van der Waals surface area contributed by atoms with Gasteiger partial charge >= 0.3 is 5.97 Å². The Morgan fingerprint density at radius 1 is 0.824 bits per heavy atom. The van der Waals surface area contributed by atoms with E-state index in [2.05, 4.69) is 18.8 Å². The Labute approximate surface area is 195 Å². The van der Waals surface area contributed by atoms with Crippen molar-refractivity contribution in [1.29, 1.82) is 0 Å². The first-order valence-corrected chi connectivity index (χ1v) is 10.8. The summed E-state index contributed by atoms with van der Waals surface area (Å²) in [6.45, 7) is 2.39. The smallest absolute Gasteiger partial charge is 0.343 e. The fourth-order valence-corrected chi connectivity index (χ4v) is 2.99. The van der Waals surface area contributed by atoms with E-state index in [-0.39, 0.29) is 22.6 Å². The quantitative estimate of drug-likeness (QED) is 0.119. The minimum Gasteiger partial charge on any atom is -0.490 e. The maximum absolute atomic E-state index is 14.4. The summed E-state index contributed by atoms with van der Waals surface area (Å²) >= 11 is 0. The molecule has 3 rings (SSSR count). The molecule has 34 heavy (non-hydrogen) atoms. The minimum atomic E-state index is -1.13. The van der Waals surface area contributed by atoms with E-state index in [0.29, 0.717) is 12.2 Å². The van der Waals surface area contributed by atoms with Gasteiger partial charge in [-0.15, -0.1) is 0 Å². The fourth-order valence-electron chi connectivity index (χ4n) is 2.99. The van der Waals surface area contributed by atoms with Crippen LogP contribution in [0.25, 0.3) is 0 Å². The van der Waals surface area contributed by atoms with Gasteiger partial charge in [0.05, 0.1) is 17.7 Å². The van der Waals surface area contributed by atoms with Gasteiger partial charge in [0, 0.05) is 11.6 Å². The van der Waals surface area contributed by atoms with Crippen molar-refractivity contribution in [3.8, 4) is 23.3 Å². The normalized spacial score (nSPS) is 10.4. The topological polar surface area (TPSA) is 35.5 Å². The molecule has 176 valence electrons. The molecule has 0 aliphatic rings. The molecule has 0 saturated carbocycles. The number of hydrogen-bond donors (Lipinski definition) is 0. The Hall–Kier alpha value is -3.79. The van der Waals surface area contributed by atoms with Crippen LogP contribution in [-0.2, 0) is 0 Å². The first kappa shape index (κ1) is 24.8. The van der Waals surface area contributed by atoms with E-state index in [1.54, 1.807) is 0 Å². The summed E-state index contributed by atoms with van der Waals surface area (Å²) in [5.41, 5.74) is 0.464. The molecule has 0 radical (unpaired) electrons. The molecule has 3 aromatic rings. The second kappa shape index (κ2) is 11.9. The third kappa shape index (κ3) is 6.61. The number of esters is 1. The number of ether oxygens (including phenoxy) is 2. The van der Waals surface area contributed by atoms with Crippen LogP contribution >= 0.6 is 0 Å². The summed E-state index contributed by atoms with van der Waals surface area (Å²) in [7, 11) is 0. The molecule has 0 bridgehead atoms. The van der Waals surface area contributed by atoms with Gasteiger partial charge in [0.15, 0.2) is 23.2 Å². The first-order valence-electron chi connectivity index (χ1n) is 10.8. The zero-order valence-electron chi connectivity index (χ0n) is 18.5. The largest absolute Gasteiger partial charge is 0.490 e. The lowest BCUT2D eigenvalue weighted by atomic mass is 10.1. The second-order valence-corrected chi connectivity index (χ2v) is 7.44. The molecule has 0 aliphatic heterocycles. The molecule has 0 amide bonds. The zero-order chi connectivity index (χ0) is 24.5. The van der Waals surface area contributed by atoms with E-state index in [4.69, 9.17) is 9.47 Å². The van der Waals surface area contributed by atoms with Crippen LogP contribution in [0, 0.1) is 35.1 Å². The highest BCUT2D eigenvalue weighted by Gasteiger charge is 2.14. The first-order chi connectivity index (χ1) is 16.4. The standard InChI is InChI=1S/C27H22F4O3/c1-2-3-4-5-16-33-24-15-12-19(25(30)26(24)31)9-6-18-7-10-20(11-8-18)27(32)34-21-13-14-22(28)23(29)17-21/h7-8,10-15,17H,2-5,16H2,1H3. The number of rotatable bonds is 8. The van der Waals surface area contributed by atoms with Gasteiger partial charge in [0.1, 0.15) is 5.75 Å². The molecule has 7 heteroatoms. The van der Waals surface area contributed by atoms with Crippen molar-refractivity contribution < 1.29 is 31.8 Å². The van der Waals surface area contributed by atoms with Crippen molar-refractivity contribution in [2.45, 2.75) is 32.6 Å². The van der Waals surface area contributed by atoms with Crippen molar-refractivity contribution in [2.24, 2.45) is 0 Å². The van der Waals surface area contributed by atoms with Gasteiger partial charge in [-0.05, 0) is 55.0 Å². The lowest BCUT2D eigenvalue weighted by molar-refractivity contribution is 0.0734. The maximum Gasteiger partial charge on any atom is 0.343 e. The number of unbranched alkanes of at least 4 members (excludes halogenated alkanes) is 3. The summed E-state index contributed by atoms with van der Waals surface area (Å²) in [5, 5.41) is 0. The Kier molecular flexibility index (Phi) is 8.69. The van der Waals surface area contributed by atoms with Gasteiger partial charge in [-0.3, -0.25) is 0 Å². The van der Waals surface area contributed by atoms with Gasteiger partial charge in [-0.1, -0.05) is 38.0 Å². The van der Waals surface area contributed by atoms with Crippen LogP contribution in [0.15, 0.2) is 54.6 Å². The average molecular weight is 470 g/mol. The van der Waals surface area contributed by atoms with E-state index in [1.165, 1.54) is 36.4 Å². The van der Waals surface area contributed by atoms with Crippen molar-refractivity contribution in [2.75, 3.05) is 6.61 Å². The Morgan fingerprint density at radius 2 is 1.59 bits per heavy atom. The highest BCUT2D eigenvalue weighted by atomic mass is 19.2. The van der Waals surface area contributed by atoms with E-state index >= 15 is 0 Å². The van der Waals surface area contributed by atoms with Crippen LogP contribution in [-0.4, -0.2) is 12.6 Å². The third-order valence-electron chi connectivity index (χ3n) is 4.87.